The summed E-state index contributed by atoms with van der Waals surface area (Å²) in [6.07, 6.45) is 2.94. The summed E-state index contributed by atoms with van der Waals surface area (Å²) in [5.74, 6) is 0. The Balaban J connectivity index is 3.14. The van der Waals surface area contributed by atoms with E-state index < -0.39 is 9.73 Å². The molecule has 1 heterocycles. The third-order valence-corrected chi connectivity index (χ3v) is 3.10. The van der Waals surface area contributed by atoms with Crippen LogP contribution in [0.25, 0.3) is 0 Å². The zero-order chi connectivity index (χ0) is 11.0. The van der Waals surface area contributed by atoms with Crippen molar-refractivity contribution in [2.24, 2.45) is 0 Å². The molecule has 0 aromatic carbocycles. The number of nitrogens with zero attached hydrogens (tertiary/aromatic N) is 1. The Morgan fingerprint density at radius 2 is 1.93 bits per heavy atom. The van der Waals surface area contributed by atoms with Crippen LogP contribution < -0.4 is 0 Å². The monoisotopic (exact) mass is 212 g/mol. The molecule has 1 N–H and O–H groups in total. The summed E-state index contributed by atoms with van der Waals surface area (Å²) in [4.78, 5) is 4.71. The molecule has 0 spiro atoms. The maximum atomic E-state index is 11.4. The van der Waals surface area contributed by atoms with Gasteiger partial charge in [-0.1, -0.05) is 20.8 Å². The molecular formula is C10H16N2OS. The second-order valence-electron chi connectivity index (χ2n) is 4.47. The van der Waals surface area contributed by atoms with E-state index in [4.69, 9.17) is 4.78 Å². The van der Waals surface area contributed by atoms with Crippen molar-refractivity contribution >= 4 is 9.73 Å². The molecule has 0 fully saturated rings. The van der Waals surface area contributed by atoms with Crippen molar-refractivity contribution < 1.29 is 4.21 Å². The van der Waals surface area contributed by atoms with E-state index in [2.05, 4.69) is 25.8 Å². The fourth-order valence-electron chi connectivity index (χ4n) is 1.05. The topological polar surface area (TPSA) is 53.8 Å². The third kappa shape index (κ3) is 2.54. The fourth-order valence-corrected chi connectivity index (χ4v) is 1.64. The molecule has 78 valence electrons. The van der Waals surface area contributed by atoms with Gasteiger partial charge in [0.2, 0.25) is 0 Å². The first kappa shape index (κ1) is 11.2. The predicted molar refractivity (Wildman–Crippen MR) is 58.0 cm³/mol. The normalized spacial score (nSPS) is 16.3. The predicted octanol–water partition coefficient (Wildman–Crippen LogP) is 2.41. The number of rotatable bonds is 1. The van der Waals surface area contributed by atoms with Crippen LogP contribution in [0, 0.1) is 4.78 Å². The number of hydrogen-bond acceptors (Lipinski definition) is 3. The first-order valence-corrected chi connectivity index (χ1v) is 6.38. The molecule has 3 nitrogen and oxygen atoms in total. The maximum absolute atomic E-state index is 11.4. The first-order valence-electron chi connectivity index (χ1n) is 4.41. The molecular weight excluding hydrogens is 196 g/mol. The van der Waals surface area contributed by atoms with Crippen LogP contribution >= 0.6 is 0 Å². The van der Waals surface area contributed by atoms with Crippen LogP contribution in [-0.2, 0) is 15.1 Å². The van der Waals surface area contributed by atoms with Crippen LogP contribution in [-0.4, -0.2) is 15.4 Å². The fraction of sp³-hybridized carbons (Fsp3) is 0.500. The van der Waals surface area contributed by atoms with E-state index >= 15 is 0 Å². The molecule has 4 heteroatoms. The second kappa shape index (κ2) is 3.35. The van der Waals surface area contributed by atoms with Gasteiger partial charge in [0.1, 0.15) is 0 Å². The van der Waals surface area contributed by atoms with E-state index in [0.29, 0.717) is 4.90 Å². The Morgan fingerprint density at radius 3 is 2.21 bits per heavy atom. The highest BCUT2D eigenvalue weighted by Crippen LogP contribution is 2.20. The number of hydrogen-bond donors (Lipinski definition) is 1. The standard InChI is InChI=1S/C10H16N2OS/c1-10(2,3)9-6-5-8(7-12-9)14(4,11)13/h5-7,11H,1-4H3. The molecule has 1 unspecified atom stereocenters. The Labute approximate surface area is 85.5 Å². The van der Waals surface area contributed by atoms with Gasteiger partial charge in [0.05, 0.1) is 14.6 Å². The third-order valence-electron chi connectivity index (χ3n) is 1.95. The molecule has 0 radical (unpaired) electrons. The van der Waals surface area contributed by atoms with Gasteiger partial charge in [-0.25, -0.2) is 8.99 Å². The highest BCUT2D eigenvalue weighted by Gasteiger charge is 2.15. The minimum Gasteiger partial charge on any atom is -0.259 e. The van der Waals surface area contributed by atoms with Crippen LogP contribution in [0.3, 0.4) is 0 Å². The minimum absolute atomic E-state index is 0.00479. The molecule has 1 rings (SSSR count). The van der Waals surface area contributed by atoms with Gasteiger partial charge in [-0.2, -0.15) is 0 Å². The molecule has 0 aliphatic carbocycles. The average molecular weight is 212 g/mol. The Hall–Kier alpha value is -0.900. The van der Waals surface area contributed by atoms with E-state index in [1.807, 2.05) is 6.07 Å². The maximum Gasteiger partial charge on any atom is 0.0712 e. The van der Waals surface area contributed by atoms with Gasteiger partial charge in [0.25, 0.3) is 0 Å². The number of aromatic nitrogens is 1. The number of nitrogens with one attached hydrogen (secondary N) is 1. The van der Waals surface area contributed by atoms with Crippen molar-refractivity contribution in [2.45, 2.75) is 31.1 Å². The zero-order valence-corrected chi connectivity index (χ0v) is 9.81. The van der Waals surface area contributed by atoms with Crippen LogP contribution in [0.4, 0.5) is 0 Å². The lowest BCUT2D eigenvalue weighted by molar-refractivity contribution is 0.567. The molecule has 0 saturated heterocycles. The lowest BCUT2D eigenvalue weighted by atomic mass is 9.92. The number of pyridine rings is 1. The Bertz CT molecular complexity index is 412. The summed E-state index contributed by atoms with van der Waals surface area (Å²) >= 11 is 0. The zero-order valence-electron chi connectivity index (χ0n) is 9.00. The summed E-state index contributed by atoms with van der Waals surface area (Å²) in [5.41, 5.74) is 0.944. The van der Waals surface area contributed by atoms with Gasteiger partial charge in [0.15, 0.2) is 0 Å². The van der Waals surface area contributed by atoms with Crippen molar-refractivity contribution in [1.82, 2.24) is 4.98 Å². The Morgan fingerprint density at radius 1 is 1.36 bits per heavy atom. The average Bonchev–Trinajstić information content (AvgIpc) is 2.01. The molecule has 1 aromatic rings. The SMILES string of the molecule is CC(C)(C)c1ccc(S(C)(=N)=O)cn1. The Kier molecular flexibility index (Phi) is 2.67. The van der Waals surface area contributed by atoms with Gasteiger partial charge in [-0.15, -0.1) is 0 Å². The molecule has 0 aliphatic rings. The summed E-state index contributed by atoms with van der Waals surface area (Å²) < 4.78 is 18.8. The molecule has 0 saturated carbocycles. The lowest BCUT2D eigenvalue weighted by Gasteiger charge is -2.17. The van der Waals surface area contributed by atoms with Gasteiger partial charge in [-0.3, -0.25) is 4.98 Å². The van der Waals surface area contributed by atoms with Crippen LogP contribution in [0.5, 0.6) is 0 Å². The summed E-state index contributed by atoms with van der Waals surface area (Å²) in [7, 11) is -2.63. The smallest absolute Gasteiger partial charge is 0.0712 e. The van der Waals surface area contributed by atoms with Crippen molar-refractivity contribution in [2.75, 3.05) is 6.26 Å². The second-order valence-corrected chi connectivity index (χ2v) is 6.63. The summed E-state index contributed by atoms with van der Waals surface area (Å²) in [6, 6.07) is 3.57. The van der Waals surface area contributed by atoms with Crippen molar-refractivity contribution in [3.05, 3.63) is 24.0 Å². The van der Waals surface area contributed by atoms with Crippen LogP contribution in [0.1, 0.15) is 26.5 Å². The molecule has 0 amide bonds. The molecule has 1 atom stereocenters. The van der Waals surface area contributed by atoms with Crippen molar-refractivity contribution in [1.29, 1.82) is 4.78 Å². The minimum atomic E-state index is -2.63. The van der Waals surface area contributed by atoms with E-state index in [0.717, 1.165) is 5.69 Å². The first-order chi connectivity index (χ1) is 6.21. The van der Waals surface area contributed by atoms with Crippen LogP contribution in [0.15, 0.2) is 23.2 Å². The van der Waals surface area contributed by atoms with Gasteiger partial charge in [-0.05, 0) is 12.1 Å². The molecule has 14 heavy (non-hydrogen) atoms. The van der Waals surface area contributed by atoms with E-state index in [-0.39, 0.29) is 5.41 Å². The quantitative estimate of drug-likeness (QED) is 0.777. The summed E-state index contributed by atoms with van der Waals surface area (Å²) in [6.45, 7) is 6.21. The van der Waals surface area contributed by atoms with E-state index in [9.17, 15) is 4.21 Å². The van der Waals surface area contributed by atoms with Crippen LogP contribution in [0.2, 0.25) is 0 Å². The van der Waals surface area contributed by atoms with Gasteiger partial charge < -0.3 is 0 Å². The van der Waals surface area contributed by atoms with Gasteiger partial charge in [0, 0.05) is 23.6 Å². The lowest BCUT2D eigenvalue weighted by Crippen LogP contribution is -2.13. The van der Waals surface area contributed by atoms with E-state index in [1.54, 1.807) is 6.07 Å². The van der Waals surface area contributed by atoms with Crippen molar-refractivity contribution in [3.63, 3.8) is 0 Å². The van der Waals surface area contributed by atoms with E-state index in [1.165, 1.54) is 12.5 Å². The highest BCUT2D eigenvalue weighted by molar-refractivity contribution is 7.91. The van der Waals surface area contributed by atoms with Crippen molar-refractivity contribution in [3.8, 4) is 0 Å². The summed E-state index contributed by atoms with van der Waals surface area (Å²) in [5, 5.41) is 0. The molecule has 0 bridgehead atoms. The van der Waals surface area contributed by atoms with Gasteiger partial charge >= 0.3 is 0 Å². The highest BCUT2D eigenvalue weighted by atomic mass is 32.2. The molecule has 1 aromatic heterocycles. The largest absolute Gasteiger partial charge is 0.259 e. The molecule has 0 aliphatic heterocycles.